The second kappa shape index (κ2) is 9.87. The number of likely N-dealkylation sites (N-methyl/N-ethyl adjacent to an activating group) is 1. The molecule has 6 nitrogen and oxygen atoms in total. The number of carbonyl (C=O) groups is 1. The van der Waals surface area contributed by atoms with Gasteiger partial charge in [0.15, 0.2) is 0 Å². The molecule has 0 unspecified atom stereocenters. The summed E-state index contributed by atoms with van der Waals surface area (Å²) in [5, 5.41) is 10.7. The molecule has 3 aromatic rings. The average molecular weight is 434 g/mol. The third-order valence-corrected chi connectivity index (χ3v) is 5.65. The highest BCUT2D eigenvalue weighted by atomic mass is 19.1. The predicted octanol–water partition coefficient (Wildman–Crippen LogP) is 3.73. The van der Waals surface area contributed by atoms with Crippen molar-refractivity contribution in [1.82, 2.24) is 19.7 Å². The van der Waals surface area contributed by atoms with Gasteiger partial charge in [0.25, 0.3) is 5.91 Å². The van der Waals surface area contributed by atoms with Crippen LogP contribution in [-0.4, -0.2) is 58.0 Å². The number of amides is 1. The van der Waals surface area contributed by atoms with Crippen LogP contribution in [0.1, 0.15) is 24.1 Å². The molecule has 0 bridgehead atoms. The third kappa shape index (κ3) is 5.29. The summed E-state index contributed by atoms with van der Waals surface area (Å²) in [5.74, 6) is -0.223. The van der Waals surface area contributed by atoms with Gasteiger partial charge < -0.3 is 0 Å². The first-order chi connectivity index (χ1) is 15.5. The number of hydrogen-bond acceptors (Lipinski definition) is 4. The molecule has 4 rings (SSSR count). The fourth-order valence-corrected chi connectivity index (χ4v) is 3.93. The van der Waals surface area contributed by atoms with Gasteiger partial charge >= 0.3 is 0 Å². The maximum atomic E-state index is 13.2. The van der Waals surface area contributed by atoms with Crippen LogP contribution in [0.3, 0.4) is 0 Å². The lowest BCUT2D eigenvalue weighted by molar-refractivity contribution is -0.131. The molecule has 0 spiro atoms. The number of aromatic nitrogens is 2. The Kier molecular flexibility index (Phi) is 6.75. The molecule has 2 heterocycles. The Morgan fingerprint density at radius 1 is 1.09 bits per heavy atom. The molecule has 0 atom stereocenters. The lowest BCUT2D eigenvalue weighted by atomic mass is 10.1. The number of carbonyl (C=O) groups excluding carboxylic acids is 1. The summed E-state index contributed by atoms with van der Waals surface area (Å²) >= 11 is 0. The van der Waals surface area contributed by atoms with Crippen molar-refractivity contribution in [2.45, 2.75) is 19.3 Å². The Morgan fingerprint density at radius 2 is 1.84 bits per heavy atom. The van der Waals surface area contributed by atoms with Crippen LogP contribution >= 0.6 is 0 Å². The summed E-state index contributed by atoms with van der Waals surface area (Å²) in [6.07, 6.45) is 2.49. The average Bonchev–Trinajstić information content (AvgIpc) is 3.42. The molecule has 32 heavy (non-hydrogen) atoms. The van der Waals surface area contributed by atoms with Gasteiger partial charge in [-0.25, -0.2) is 9.40 Å². The Balaban J connectivity index is 1.25. The summed E-state index contributed by atoms with van der Waals surface area (Å²) < 4.78 is 15.0. The molecule has 1 aliphatic rings. The summed E-state index contributed by atoms with van der Waals surface area (Å²) in [6.45, 7) is 1.77. The molecule has 0 aliphatic carbocycles. The zero-order valence-electron chi connectivity index (χ0n) is 18.5. The number of nitrogens with zero attached hydrogens (tertiary/aromatic N) is 5. The Morgan fingerprint density at radius 3 is 2.59 bits per heavy atom. The van der Waals surface area contributed by atoms with Crippen molar-refractivity contribution in [1.29, 1.82) is 0 Å². The Hall–Kier alpha value is -3.32. The molecular formula is C25H28FN5O. The summed E-state index contributed by atoms with van der Waals surface area (Å²) in [4.78, 5) is 14.7. The number of rotatable bonds is 8. The van der Waals surface area contributed by atoms with Crippen LogP contribution in [0.4, 0.5) is 4.39 Å². The first-order valence-corrected chi connectivity index (χ1v) is 10.9. The van der Waals surface area contributed by atoms with E-state index >= 15 is 0 Å². The first-order valence-electron chi connectivity index (χ1n) is 10.9. The van der Waals surface area contributed by atoms with Gasteiger partial charge in [-0.3, -0.25) is 14.4 Å². The predicted molar refractivity (Wildman–Crippen MR) is 124 cm³/mol. The molecule has 166 valence electrons. The van der Waals surface area contributed by atoms with Crippen molar-refractivity contribution >= 4 is 11.6 Å². The van der Waals surface area contributed by atoms with E-state index in [1.807, 2.05) is 60.1 Å². The monoisotopic (exact) mass is 433 g/mol. The topological polar surface area (TPSA) is 53.7 Å². The van der Waals surface area contributed by atoms with Gasteiger partial charge in [-0.15, -0.1) is 0 Å². The number of hydrazone groups is 1. The molecule has 2 aromatic carbocycles. The molecule has 7 heteroatoms. The van der Waals surface area contributed by atoms with Gasteiger partial charge in [0.1, 0.15) is 5.82 Å². The molecule has 1 amide bonds. The fraction of sp³-hybridized carbons (Fsp3) is 0.320. The van der Waals surface area contributed by atoms with Gasteiger partial charge in [-0.1, -0.05) is 30.3 Å². The zero-order valence-corrected chi connectivity index (χ0v) is 18.5. The van der Waals surface area contributed by atoms with Crippen molar-refractivity contribution in [3.63, 3.8) is 0 Å². The van der Waals surface area contributed by atoms with Crippen molar-refractivity contribution < 1.29 is 9.18 Å². The van der Waals surface area contributed by atoms with Crippen molar-refractivity contribution in [3.8, 4) is 11.3 Å². The van der Waals surface area contributed by atoms with E-state index in [1.165, 1.54) is 12.1 Å². The second-order valence-electron chi connectivity index (χ2n) is 8.17. The highest BCUT2D eigenvalue weighted by molar-refractivity contribution is 6.02. The standard InChI is InChI=1S/C25H28FN5O/c1-29(18-25(32)31-16-14-23(28-31)19-7-4-3-5-8-19)15-6-9-22-17-24(30(2)27-22)20-10-12-21(26)13-11-20/h3-5,7-8,10-13,17H,6,9,14-16,18H2,1-2H3. The van der Waals surface area contributed by atoms with Gasteiger partial charge in [-0.05, 0) is 67.9 Å². The van der Waals surface area contributed by atoms with E-state index in [-0.39, 0.29) is 11.7 Å². The summed E-state index contributed by atoms with van der Waals surface area (Å²) in [6, 6.07) is 18.5. The lowest BCUT2D eigenvalue weighted by Gasteiger charge is -2.18. The van der Waals surface area contributed by atoms with E-state index < -0.39 is 0 Å². The number of aryl methyl sites for hydroxylation is 2. The van der Waals surface area contributed by atoms with Crippen molar-refractivity contribution in [2.75, 3.05) is 26.7 Å². The zero-order chi connectivity index (χ0) is 22.5. The normalized spacial score (nSPS) is 13.6. The minimum absolute atomic E-state index is 0.0230. The molecule has 0 fully saturated rings. The molecule has 0 saturated heterocycles. The molecule has 1 aliphatic heterocycles. The third-order valence-electron chi connectivity index (χ3n) is 5.65. The summed E-state index contributed by atoms with van der Waals surface area (Å²) in [7, 11) is 3.85. The fourth-order valence-electron chi connectivity index (χ4n) is 3.93. The highest BCUT2D eigenvalue weighted by Gasteiger charge is 2.22. The Labute approximate surface area is 188 Å². The van der Waals surface area contributed by atoms with Crippen molar-refractivity contribution in [3.05, 3.63) is 77.7 Å². The van der Waals surface area contributed by atoms with Crippen LogP contribution in [0.5, 0.6) is 0 Å². The van der Waals surface area contributed by atoms with Crippen molar-refractivity contribution in [2.24, 2.45) is 12.1 Å². The van der Waals surface area contributed by atoms with Gasteiger partial charge in [0, 0.05) is 13.5 Å². The van der Waals surface area contributed by atoms with Gasteiger partial charge in [0.2, 0.25) is 0 Å². The van der Waals surface area contributed by atoms with Crippen LogP contribution in [0.2, 0.25) is 0 Å². The van der Waals surface area contributed by atoms with E-state index in [1.54, 1.807) is 17.1 Å². The number of hydrogen-bond donors (Lipinski definition) is 0. The highest BCUT2D eigenvalue weighted by Crippen LogP contribution is 2.21. The largest absolute Gasteiger partial charge is 0.298 e. The quantitative estimate of drug-likeness (QED) is 0.544. The van der Waals surface area contributed by atoms with Crippen LogP contribution in [0.15, 0.2) is 65.8 Å². The van der Waals surface area contributed by atoms with Gasteiger partial charge in [-0.2, -0.15) is 10.2 Å². The second-order valence-corrected chi connectivity index (χ2v) is 8.17. The van der Waals surface area contributed by atoms with E-state index in [4.69, 9.17) is 0 Å². The number of benzene rings is 2. The lowest BCUT2D eigenvalue weighted by Crippen LogP contribution is -2.35. The van der Waals surface area contributed by atoms with Crippen LogP contribution in [-0.2, 0) is 18.3 Å². The van der Waals surface area contributed by atoms with Crippen LogP contribution in [0, 0.1) is 5.82 Å². The molecule has 0 radical (unpaired) electrons. The van der Waals surface area contributed by atoms with Crippen LogP contribution < -0.4 is 0 Å². The van der Waals surface area contributed by atoms with E-state index in [0.717, 1.165) is 54.0 Å². The Bertz CT molecular complexity index is 1090. The van der Waals surface area contributed by atoms with Crippen LogP contribution in [0.25, 0.3) is 11.3 Å². The summed E-state index contributed by atoms with van der Waals surface area (Å²) in [5.41, 5.74) is 4.93. The molecule has 0 N–H and O–H groups in total. The smallest absolute Gasteiger partial charge is 0.256 e. The molecule has 0 saturated carbocycles. The first kappa shape index (κ1) is 21.9. The minimum atomic E-state index is -0.246. The molecule has 1 aromatic heterocycles. The maximum absolute atomic E-state index is 13.2. The van der Waals surface area contributed by atoms with Gasteiger partial charge in [0.05, 0.1) is 30.2 Å². The van der Waals surface area contributed by atoms with E-state index in [9.17, 15) is 9.18 Å². The minimum Gasteiger partial charge on any atom is -0.298 e. The number of halogens is 1. The van der Waals surface area contributed by atoms with E-state index in [2.05, 4.69) is 10.2 Å². The maximum Gasteiger partial charge on any atom is 0.256 e. The SMILES string of the molecule is CN(CCCc1cc(-c2ccc(F)cc2)n(C)n1)CC(=O)N1CCC(c2ccccc2)=N1. The van der Waals surface area contributed by atoms with E-state index in [0.29, 0.717) is 13.1 Å². The molecular weight excluding hydrogens is 405 g/mol.